The topological polar surface area (TPSA) is 22.0 Å². The molecule has 98 valence electrons. The van der Waals surface area contributed by atoms with E-state index in [0.29, 0.717) is 18.1 Å². The Hall–Kier alpha value is -1.83. The normalized spacial score (nSPS) is 14.6. The van der Waals surface area contributed by atoms with Crippen LogP contribution in [0.3, 0.4) is 0 Å². The molecular weight excluding hydrogens is 234 g/mol. The maximum Gasteiger partial charge on any atom is 0.140 e. The van der Waals surface area contributed by atoms with Gasteiger partial charge < -0.3 is 4.57 Å². The predicted octanol–water partition coefficient (Wildman–Crippen LogP) is 3.62. The second kappa shape index (κ2) is 4.69. The molecule has 0 radical (unpaired) electrons. The molecule has 0 saturated heterocycles. The van der Waals surface area contributed by atoms with Crippen molar-refractivity contribution < 1.29 is 4.79 Å². The van der Waals surface area contributed by atoms with Crippen molar-refractivity contribution >= 4 is 5.78 Å². The lowest BCUT2D eigenvalue weighted by Crippen LogP contribution is -2.04. The molecule has 0 spiro atoms. The van der Waals surface area contributed by atoms with Gasteiger partial charge in [-0.15, -0.1) is 0 Å². The number of hydrogen-bond acceptors (Lipinski definition) is 1. The number of rotatable bonds is 4. The molecule has 0 atom stereocenters. The van der Waals surface area contributed by atoms with Crippen molar-refractivity contribution in [2.45, 2.75) is 33.1 Å². The van der Waals surface area contributed by atoms with Crippen molar-refractivity contribution in [2.75, 3.05) is 0 Å². The molecule has 1 fully saturated rings. The quantitative estimate of drug-likeness (QED) is 0.815. The summed E-state index contributed by atoms with van der Waals surface area (Å²) >= 11 is 0. The van der Waals surface area contributed by atoms with Crippen LogP contribution in [-0.4, -0.2) is 10.4 Å². The number of hydrogen-bond donors (Lipinski definition) is 0. The average molecular weight is 253 g/mol. The molecule has 0 unspecified atom stereocenters. The molecule has 0 amide bonds. The van der Waals surface area contributed by atoms with Gasteiger partial charge in [-0.3, -0.25) is 4.79 Å². The molecule has 1 saturated carbocycles. The number of aryl methyl sites for hydroxylation is 2. The lowest BCUT2D eigenvalue weighted by atomic mass is 10.1. The summed E-state index contributed by atoms with van der Waals surface area (Å²) in [5.74, 6) is 0.756. The molecular formula is C17H19NO. The minimum atomic E-state index is 0.349. The van der Waals surface area contributed by atoms with Crippen molar-refractivity contribution in [3.8, 4) is 5.69 Å². The van der Waals surface area contributed by atoms with Crippen LogP contribution in [0.25, 0.3) is 5.69 Å². The first-order valence-corrected chi connectivity index (χ1v) is 6.91. The molecule has 0 bridgehead atoms. The Labute approximate surface area is 114 Å². The highest BCUT2D eigenvalue weighted by Crippen LogP contribution is 2.31. The van der Waals surface area contributed by atoms with Crippen LogP contribution < -0.4 is 0 Å². The van der Waals surface area contributed by atoms with Gasteiger partial charge in [0.05, 0.1) is 0 Å². The number of aromatic nitrogens is 1. The largest absolute Gasteiger partial charge is 0.323 e. The van der Waals surface area contributed by atoms with E-state index in [-0.39, 0.29) is 0 Å². The first-order chi connectivity index (χ1) is 9.13. The maximum absolute atomic E-state index is 11.9. The number of nitrogens with zero attached hydrogens (tertiary/aromatic N) is 1. The first kappa shape index (κ1) is 12.2. The fourth-order valence-corrected chi connectivity index (χ4v) is 2.39. The Bertz CT molecular complexity index is 603. The van der Waals surface area contributed by atoms with Gasteiger partial charge in [0, 0.05) is 30.4 Å². The molecule has 0 N–H and O–H groups in total. The van der Waals surface area contributed by atoms with Gasteiger partial charge >= 0.3 is 0 Å². The third-order valence-electron chi connectivity index (χ3n) is 3.86. The van der Waals surface area contributed by atoms with E-state index >= 15 is 0 Å². The summed E-state index contributed by atoms with van der Waals surface area (Å²) in [7, 11) is 0. The lowest BCUT2D eigenvalue weighted by molar-refractivity contribution is -0.119. The van der Waals surface area contributed by atoms with Gasteiger partial charge in [0.2, 0.25) is 0 Å². The number of ketones is 1. The van der Waals surface area contributed by atoms with Gasteiger partial charge in [-0.2, -0.15) is 0 Å². The maximum atomic E-state index is 11.9. The number of benzene rings is 1. The first-order valence-electron chi connectivity index (χ1n) is 6.91. The van der Waals surface area contributed by atoms with E-state index in [4.69, 9.17) is 0 Å². The van der Waals surface area contributed by atoms with Crippen molar-refractivity contribution in [1.82, 2.24) is 4.57 Å². The van der Waals surface area contributed by atoms with Gasteiger partial charge in [-0.1, -0.05) is 17.7 Å². The molecule has 1 aliphatic rings. The molecule has 1 heterocycles. The van der Waals surface area contributed by atoms with Crippen molar-refractivity contribution in [3.63, 3.8) is 0 Å². The van der Waals surface area contributed by atoms with E-state index in [9.17, 15) is 4.79 Å². The Morgan fingerprint density at radius 1 is 1.16 bits per heavy atom. The highest BCUT2D eigenvalue weighted by molar-refractivity contribution is 5.85. The summed E-state index contributed by atoms with van der Waals surface area (Å²) in [6.07, 6.45) is 6.99. The predicted molar refractivity (Wildman–Crippen MR) is 76.7 cm³/mol. The number of carbonyl (C=O) groups excluding carboxylic acids is 1. The zero-order valence-electron chi connectivity index (χ0n) is 11.5. The molecule has 1 aromatic carbocycles. The van der Waals surface area contributed by atoms with Gasteiger partial charge in [-0.05, 0) is 49.9 Å². The van der Waals surface area contributed by atoms with Crippen molar-refractivity contribution in [3.05, 3.63) is 53.3 Å². The number of Topliss-reactive ketones (excluding diaryl/α,β-unsaturated/α-hetero) is 1. The molecule has 0 aliphatic heterocycles. The minimum Gasteiger partial charge on any atom is -0.323 e. The lowest BCUT2D eigenvalue weighted by Gasteiger charge is -2.02. The fraction of sp³-hybridized carbons (Fsp3) is 0.353. The molecule has 3 rings (SSSR count). The minimum absolute atomic E-state index is 0.349. The standard InChI is InChI=1S/C17H19NO/c1-12-3-7-16(8-4-12)18-10-13(2)15(11-18)9-17(19)14-5-6-14/h3-4,7-8,10-11,14H,5-6,9H2,1-2H3. The molecule has 19 heavy (non-hydrogen) atoms. The third-order valence-corrected chi connectivity index (χ3v) is 3.86. The van der Waals surface area contributed by atoms with Gasteiger partial charge in [-0.25, -0.2) is 0 Å². The van der Waals surface area contributed by atoms with Crippen LogP contribution in [0.15, 0.2) is 36.7 Å². The summed E-state index contributed by atoms with van der Waals surface area (Å²) < 4.78 is 2.12. The monoisotopic (exact) mass is 253 g/mol. The molecule has 2 nitrogen and oxygen atoms in total. The summed E-state index contributed by atoms with van der Waals surface area (Å²) in [5, 5.41) is 0. The highest BCUT2D eigenvalue weighted by atomic mass is 16.1. The second-order valence-electron chi connectivity index (χ2n) is 5.63. The van der Waals surface area contributed by atoms with E-state index in [2.05, 4.69) is 55.1 Å². The third kappa shape index (κ3) is 2.62. The summed E-state index contributed by atoms with van der Waals surface area (Å²) in [5.41, 5.74) is 4.78. The van der Waals surface area contributed by atoms with Crippen LogP contribution in [0, 0.1) is 19.8 Å². The molecule has 1 aliphatic carbocycles. The Morgan fingerprint density at radius 3 is 2.47 bits per heavy atom. The zero-order valence-corrected chi connectivity index (χ0v) is 11.5. The van der Waals surface area contributed by atoms with Gasteiger partial charge in [0.15, 0.2) is 0 Å². The molecule has 2 heteroatoms. The van der Waals surface area contributed by atoms with E-state index in [1.165, 1.54) is 11.1 Å². The number of carbonyl (C=O) groups is 1. The molecule has 2 aromatic rings. The Morgan fingerprint density at radius 2 is 1.84 bits per heavy atom. The highest BCUT2D eigenvalue weighted by Gasteiger charge is 2.29. The fourth-order valence-electron chi connectivity index (χ4n) is 2.39. The van der Waals surface area contributed by atoms with E-state index in [1.54, 1.807) is 0 Å². The van der Waals surface area contributed by atoms with E-state index in [0.717, 1.165) is 24.1 Å². The van der Waals surface area contributed by atoms with Crippen LogP contribution >= 0.6 is 0 Å². The van der Waals surface area contributed by atoms with E-state index in [1.807, 2.05) is 0 Å². The van der Waals surface area contributed by atoms with Crippen LogP contribution in [0.5, 0.6) is 0 Å². The Kier molecular flexibility index (Phi) is 3.02. The van der Waals surface area contributed by atoms with E-state index < -0.39 is 0 Å². The zero-order chi connectivity index (χ0) is 13.4. The van der Waals surface area contributed by atoms with Crippen molar-refractivity contribution in [1.29, 1.82) is 0 Å². The molecule has 1 aromatic heterocycles. The van der Waals surface area contributed by atoms with Crippen molar-refractivity contribution in [2.24, 2.45) is 5.92 Å². The Balaban J connectivity index is 1.83. The van der Waals surface area contributed by atoms with Crippen LogP contribution in [0.4, 0.5) is 0 Å². The second-order valence-corrected chi connectivity index (χ2v) is 5.63. The van der Waals surface area contributed by atoms with Crippen LogP contribution in [-0.2, 0) is 11.2 Å². The summed E-state index contributed by atoms with van der Waals surface area (Å²) in [4.78, 5) is 11.9. The summed E-state index contributed by atoms with van der Waals surface area (Å²) in [6, 6.07) is 8.45. The van der Waals surface area contributed by atoms with Crippen LogP contribution in [0.1, 0.15) is 29.5 Å². The smallest absolute Gasteiger partial charge is 0.140 e. The van der Waals surface area contributed by atoms with Gasteiger partial charge in [0.1, 0.15) is 5.78 Å². The van der Waals surface area contributed by atoms with Gasteiger partial charge in [0.25, 0.3) is 0 Å². The SMILES string of the molecule is Cc1ccc(-n2cc(C)c(CC(=O)C3CC3)c2)cc1. The average Bonchev–Trinajstić information content (AvgIpc) is 3.17. The summed E-state index contributed by atoms with van der Waals surface area (Å²) in [6.45, 7) is 4.17. The van der Waals surface area contributed by atoms with Crippen LogP contribution in [0.2, 0.25) is 0 Å².